The van der Waals surface area contributed by atoms with Gasteiger partial charge in [0.05, 0.1) is 0 Å². The van der Waals surface area contributed by atoms with Crippen molar-refractivity contribution < 1.29 is 0 Å². The number of anilines is 1. The summed E-state index contributed by atoms with van der Waals surface area (Å²) in [5.41, 5.74) is 4.70. The minimum absolute atomic E-state index is 0. The lowest BCUT2D eigenvalue weighted by Crippen LogP contribution is -2.39. The summed E-state index contributed by atoms with van der Waals surface area (Å²) < 4.78 is 1.26. The van der Waals surface area contributed by atoms with Gasteiger partial charge < -0.3 is 10.2 Å². The zero-order valence-corrected chi connectivity index (χ0v) is 14.8. The van der Waals surface area contributed by atoms with Gasteiger partial charge in [-0.3, -0.25) is 0 Å². The highest BCUT2D eigenvalue weighted by Gasteiger charge is 2.36. The van der Waals surface area contributed by atoms with Gasteiger partial charge in [-0.25, -0.2) is 0 Å². The van der Waals surface area contributed by atoms with Crippen molar-refractivity contribution in [2.75, 3.05) is 24.5 Å². The van der Waals surface area contributed by atoms with Crippen molar-refractivity contribution in [3.63, 3.8) is 0 Å². The van der Waals surface area contributed by atoms with E-state index in [0.717, 1.165) is 24.9 Å². The van der Waals surface area contributed by atoms with Crippen LogP contribution >= 0.6 is 28.3 Å². The summed E-state index contributed by atoms with van der Waals surface area (Å²) in [4.78, 5) is 2.67. The molecule has 1 aromatic rings. The van der Waals surface area contributed by atoms with E-state index >= 15 is 0 Å². The van der Waals surface area contributed by atoms with Gasteiger partial charge in [-0.1, -0.05) is 35.2 Å². The van der Waals surface area contributed by atoms with Gasteiger partial charge in [-0.2, -0.15) is 0 Å². The molecule has 2 atom stereocenters. The first-order chi connectivity index (χ1) is 9.83. The summed E-state index contributed by atoms with van der Waals surface area (Å²) >= 11 is 3.74. The Morgan fingerprint density at radius 3 is 2.90 bits per heavy atom. The number of hydrogen-bond acceptors (Lipinski definition) is 2. The molecule has 2 heterocycles. The van der Waals surface area contributed by atoms with Crippen molar-refractivity contribution in [1.82, 2.24) is 5.32 Å². The summed E-state index contributed by atoms with van der Waals surface area (Å²) in [6.45, 7) is 4.59. The number of nitrogens with one attached hydrogen (secondary N) is 1. The largest absolute Gasteiger partial charge is 0.369 e. The average molecular weight is 372 g/mol. The third-order valence-corrected chi connectivity index (χ3v) is 5.84. The maximum absolute atomic E-state index is 3.74. The van der Waals surface area contributed by atoms with Crippen LogP contribution in [0.15, 0.2) is 16.6 Å². The zero-order chi connectivity index (χ0) is 13.5. The van der Waals surface area contributed by atoms with Crippen molar-refractivity contribution in [2.45, 2.75) is 44.6 Å². The van der Waals surface area contributed by atoms with Crippen LogP contribution in [-0.4, -0.2) is 19.6 Å². The maximum Gasteiger partial charge on any atom is 0.0448 e. The second-order valence-electron chi connectivity index (χ2n) is 6.63. The van der Waals surface area contributed by atoms with Crippen molar-refractivity contribution in [1.29, 1.82) is 0 Å². The number of hydrogen-bond donors (Lipinski definition) is 1. The fourth-order valence-corrected chi connectivity index (χ4v) is 5.03. The van der Waals surface area contributed by atoms with E-state index in [9.17, 15) is 0 Å². The van der Waals surface area contributed by atoms with Crippen molar-refractivity contribution in [3.8, 4) is 0 Å². The molecule has 0 radical (unpaired) electrons. The molecule has 1 saturated carbocycles. The van der Waals surface area contributed by atoms with Gasteiger partial charge in [0, 0.05) is 36.3 Å². The van der Waals surface area contributed by atoms with Crippen LogP contribution in [-0.2, 0) is 6.54 Å². The first kappa shape index (κ1) is 15.6. The lowest BCUT2D eigenvalue weighted by atomic mass is 9.77. The molecule has 4 heteroatoms. The molecule has 4 rings (SSSR count). The lowest BCUT2D eigenvalue weighted by molar-refractivity contribution is 0.380. The van der Waals surface area contributed by atoms with E-state index in [2.05, 4.69) is 38.3 Å². The lowest BCUT2D eigenvalue weighted by Gasteiger charge is -2.41. The third-order valence-electron chi connectivity index (χ3n) is 5.39. The predicted octanol–water partition coefficient (Wildman–Crippen LogP) is 4.46. The minimum atomic E-state index is 0. The standard InChI is InChI=1S/C17H23BrN2.ClH/c18-14-8-13-10-19-6-7-20-11-12-4-2-1-3-5-15(12)16(9-14)17(13)20;/h8-9,12,15,19H,1-7,10-11H2;1H. The van der Waals surface area contributed by atoms with Crippen LogP contribution in [0.2, 0.25) is 0 Å². The van der Waals surface area contributed by atoms with E-state index in [1.807, 2.05) is 0 Å². The smallest absolute Gasteiger partial charge is 0.0448 e. The Hall–Kier alpha value is -0.250. The molecule has 0 amide bonds. The maximum atomic E-state index is 3.74. The van der Waals surface area contributed by atoms with E-state index in [1.165, 1.54) is 55.2 Å². The van der Waals surface area contributed by atoms with Gasteiger partial charge >= 0.3 is 0 Å². The van der Waals surface area contributed by atoms with Crippen LogP contribution in [0.25, 0.3) is 0 Å². The molecule has 0 aromatic heterocycles. The number of fused-ring (bicyclic) bond motifs is 2. The predicted molar refractivity (Wildman–Crippen MR) is 94.6 cm³/mol. The molecule has 116 valence electrons. The monoisotopic (exact) mass is 370 g/mol. The van der Waals surface area contributed by atoms with Crippen LogP contribution in [0, 0.1) is 5.92 Å². The second kappa shape index (κ2) is 6.47. The number of nitrogens with zero attached hydrogens (tertiary/aromatic N) is 1. The summed E-state index contributed by atoms with van der Waals surface area (Å²) in [6, 6.07) is 4.74. The number of halogens is 2. The Kier molecular flexibility index (Phi) is 4.82. The Labute approximate surface area is 142 Å². The highest BCUT2D eigenvalue weighted by atomic mass is 79.9. The van der Waals surface area contributed by atoms with Gasteiger partial charge in [-0.05, 0) is 47.9 Å². The van der Waals surface area contributed by atoms with E-state index in [0.29, 0.717) is 0 Å². The van der Waals surface area contributed by atoms with Crippen LogP contribution in [0.1, 0.15) is 49.1 Å². The molecule has 0 bridgehead atoms. The highest BCUT2D eigenvalue weighted by molar-refractivity contribution is 9.10. The van der Waals surface area contributed by atoms with Crippen LogP contribution < -0.4 is 10.2 Å². The topological polar surface area (TPSA) is 15.3 Å². The molecule has 3 aliphatic rings. The summed E-state index contributed by atoms with van der Waals surface area (Å²) in [5, 5.41) is 3.58. The quantitative estimate of drug-likeness (QED) is 0.724. The van der Waals surface area contributed by atoms with Crippen molar-refractivity contribution in [3.05, 3.63) is 27.7 Å². The molecule has 2 nitrogen and oxygen atoms in total. The van der Waals surface area contributed by atoms with E-state index < -0.39 is 0 Å². The van der Waals surface area contributed by atoms with E-state index in [-0.39, 0.29) is 12.4 Å². The molecule has 21 heavy (non-hydrogen) atoms. The van der Waals surface area contributed by atoms with Crippen molar-refractivity contribution in [2.24, 2.45) is 5.92 Å². The van der Waals surface area contributed by atoms with Gasteiger partial charge in [0.1, 0.15) is 0 Å². The molecular weight excluding hydrogens is 348 g/mol. The summed E-state index contributed by atoms with van der Waals surface area (Å²) in [5.74, 6) is 1.68. The summed E-state index contributed by atoms with van der Waals surface area (Å²) in [6.07, 6.45) is 7.11. The second-order valence-corrected chi connectivity index (χ2v) is 7.55. The average Bonchev–Trinajstić information content (AvgIpc) is 2.78. The molecule has 2 aliphatic heterocycles. The first-order valence-electron chi connectivity index (χ1n) is 8.11. The Morgan fingerprint density at radius 1 is 1.14 bits per heavy atom. The zero-order valence-electron chi connectivity index (χ0n) is 12.4. The van der Waals surface area contributed by atoms with Crippen LogP contribution in [0.5, 0.6) is 0 Å². The Morgan fingerprint density at radius 2 is 2.00 bits per heavy atom. The minimum Gasteiger partial charge on any atom is -0.369 e. The molecule has 1 aliphatic carbocycles. The molecule has 0 spiro atoms. The van der Waals surface area contributed by atoms with E-state index in [4.69, 9.17) is 0 Å². The fraction of sp³-hybridized carbons (Fsp3) is 0.647. The molecular formula is C17H24BrClN2. The third kappa shape index (κ3) is 2.85. The highest BCUT2D eigenvalue weighted by Crippen LogP contribution is 2.47. The molecule has 1 aromatic carbocycles. The Bertz CT molecular complexity index is 520. The number of rotatable bonds is 0. The van der Waals surface area contributed by atoms with Crippen molar-refractivity contribution >= 4 is 34.0 Å². The SMILES string of the molecule is Brc1cc2c3c(c1)C1CCCCCC1CN3CCNC2.Cl. The van der Waals surface area contributed by atoms with Crippen LogP contribution in [0.3, 0.4) is 0 Å². The number of benzene rings is 1. The summed E-state index contributed by atoms with van der Waals surface area (Å²) in [7, 11) is 0. The Balaban J connectivity index is 0.00000132. The molecule has 0 saturated heterocycles. The first-order valence-corrected chi connectivity index (χ1v) is 8.90. The molecule has 1 fully saturated rings. The van der Waals surface area contributed by atoms with Gasteiger partial charge in [0.2, 0.25) is 0 Å². The normalized spacial score (nSPS) is 27.8. The fourth-order valence-electron chi connectivity index (χ4n) is 4.51. The molecule has 2 unspecified atom stereocenters. The van der Waals surface area contributed by atoms with Gasteiger partial charge in [0.25, 0.3) is 0 Å². The van der Waals surface area contributed by atoms with Crippen LogP contribution in [0.4, 0.5) is 5.69 Å². The van der Waals surface area contributed by atoms with Gasteiger partial charge in [0.15, 0.2) is 0 Å². The van der Waals surface area contributed by atoms with Gasteiger partial charge in [-0.15, -0.1) is 12.4 Å². The molecule has 1 N–H and O–H groups in total. The van der Waals surface area contributed by atoms with E-state index in [1.54, 1.807) is 11.3 Å².